The normalized spacial score (nSPS) is 24.5. The number of halogens is 3. The Morgan fingerprint density at radius 2 is 2.13 bits per heavy atom. The molecule has 158 valence electrons. The number of carbonyl (C=O) groups excluding carboxylic acids is 1. The molecule has 4 atom stereocenters. The van der Waals surface area contributed by atoms with E-state index < -0.39 is 17.8 Å². The number of hydrogen-bond donors (Lipinski definition) is 1. The fourth-order valence-electron chi connectivity index (χ4n) is 5.13. The second kappa shape index (κ2) is 6.85. The van der Waals surface area contributed by atoms with E-state index in [0.717, 1.165) is 18.4 Å². The average molecular weight is 418 g/mol. The van der Waals surface area contributed by atoms with Gasteiger partial charge in [0, 0.05) is 12.1 Å². The smallest absolute Gasteiger partial charge is 0.433 e. The van der Waals surface area contributed by atoms with E-state index in [0.29, 0.717) is 16.4 Å². The van der Waals surface area contributed by atoms with Crippen molar-refractivity contribution in [2.75, 3.05) is 0 Å². The molecule has 1 N–H and O–H groups in total. The molecular weight excluding hydrogens is 397 g/mol. The molecule has 2 aliphatic carbocycles. The van der Waals surface area contributed by atoms with Crippen LogP contribution in [0.2, 0.25) is 0 Å². The molecule has 2 bridgehead atoms. The Bertz CT molecular complexity index is 1090. The lowest BCUT2D eigenvalue weighted by molar-refractivity contribution is -0.142. The number of alkyl halides is 3. The Hall–Kier alpha value is -2.84. The maximum Gasteiger partial charge on any atom is 0.433 e. The van der Waals surface area contributed by atoms with Crippen LogP contribution in [0.15, 0.2) is 34.9 Å². The molecule has 3 heterocycles. The van der Waals surface area contributed by atoms with Gasteiger partial charge in [-0.05, 0) is 62.1 Å². The fraction of sp³-hybridized carbons (Fsp3) is 0.476. The average Bonchev–Trinajstić information content (AvgIpc) is 3.49. The van der Waals surface area contributed by atoms with Crippen molar-refractivity contribution in [3.05, 3.63) is 41.9 Å². The predicted octanol–water partition coefficient (Wildman–Crippen LogP) is 4.56. The van der Waals surface area contributed by atoms with E-state index in [-0.39, 0.29) is 28.8 Å². The zero-order valence-electron chi connectivity index (χ0n) is 16.3. The van der Waals surface area contributed by atoms with Gasteiger partial charge in [-0.1, -0.05) is 6.42 Å². The van der Waals surface area contributed by atoms with E-state index in [2.05, 4.69) is 15.4 Å². The van der Waals surface area contributed by atoms with Crippen LogP contribution in [0, 0.1) is 17.8 Å². The molecule has 0 aliphatic heterocycles. The third-order valence-electron chi connectivity index (χ3n) is 6.52. The van der Waals surface area contributed by atoms with Crippen LogP contribution in [0.1, 0.15) is 48.8 Å². The molecule has 2 aliphatic rings. The summed E-state index contributed by atoms with van der Waals surface area (Å²) in [4.78, 5) is 17.0. The molecule has 9 heteroatoms. The summed E-state index contributed by atoms with van der Waals surface area (Å²) in [5.41, 5.74) is -1.13. The number of rotatable bonds is 4. The standard InChI is InChI=1S/C21H21F3N4O2/c1-11(14-8-12-4-5-13(14)7-12)25-20(29)16-10-19-26-15(17-3-2-6-30-17)9-18(21(22,23)24)28(19)27-16/h2-3,6,9-14H,4-5,7-8H2,1H3,(H,25,29)/t11-,12+,13+,14-/m0/s1. The highest BCUT2D eigenvalue weighted by Gasteiger charge is 2.42. The van der Waals surface area contributed by atoms with Gasteiger partial charge in [0.05, 0.1) is 6.26 Å². The minimum Gasteiger partial charge on any atom is -0.463 e. The van der Waals surface area contributed by atoms with Gasteiger partial charge in [0.15, 0.2) is 22.8 Å². The molecule has 0 spiro atoms. The summed E-state index contributed by atoms with van der Waals surface area (Å²) < 4.78 is 46.7. The van der Waals surface area contributed by atoms with Crippen molar-refractivity contribution in [3.8, 4) is 11.5 Å². The van der Waals surface area contributed by atoms with Crippen molar-refractivity contribution in [3.63, 3.8) is 0 Å². The lowest BCUT2D eigenvalue weighted by Gasteiger charge is -2.28. The van der Waals surface area contributed by atoms with Gasteiger partial charge in [-0.15, -0.1) is 0 Å². The molecule has 1 amide bonds. The maximum absolute atomic E-state index is 13.6. The molecule has 3 aromatic rings. The summed E-state index contributed by atoms with van der Waals surface area (Å²) in [7, 11) is 0. The Kier molecular flexibility index (Phi) is 4.37. The number of fused-ring (bicyclic) bond motifs is 3. The maximum atomic E-state index is 13.6. The van der Waals surface area contributed by atoms with Crippen LogP contribution in [0.3, 0.4) is 0 Å². The third-order valence-corrected chi connectivity index (χ3v) is 6.52. The second-order valence-corrected chi connectivity index (χ2v) is 8.40. The van der Waals surface area contributed by atoms with E-state index in [4.69, 9.17) is 4.42 Å². The highest BCUT2D eigenvalue weighted by Crippen LogP contribution is 2.49. The van der Waals surface area contributed by atoms with Gasteiger partial charge in [-0.2, -0.15) is 18.3 Å². The third kappa shape index (κ3) is 3.26. The lowest BCUT2D eigenvalue weighted by atomic mass is 9.84. The molecule has 0 saturated heterocycles. The first-order chi connectivity index (χ1) is 14.3. The van der Waals surface area contributed by atoms with E-state index in [9.17, 15) is 18.0 Å². The van der Waals surface area contributed by atoms with Gasteiger partial charge in [0.25, 0.3) is 5.91 Å². The number of aromatic nitrogens is 3. The van der Waals surface area contributed by atoms with Crippen LogP contribution < -0.4 is 5.32 Å². The molecule has 0 radical (unpaired) electrons. The quantitative estimate of drug-likeness (QED) is 0.674. The molecule has 30 heavy (non-hydrogen) atoms. The van der Waals surface area contributed by atoms with E-state index in [1.165, 1.54) is 37.7 Å². The highest BCUT2D eigenvalue weighted by molar-refractivity contribution is 5.93. The Balaban J connectivity index is 1.45. The van der Waals surface area contributed by atoms with E-state index in [1.807, 2.05) is 6.92 Å². The van der Waals surface area contributed by atoms with Crippen molar-refractivity contribution in [2.45, 2.75) is 44.8 Å². The van der Waals surface area contributed by atoms with E-state index in [1.54, 1.807) is 6.07 Å². The number of furan rings is 1. The highest BCUT2D eigenvalue weighted by atomic mass is 19.4. The van der Waals surface area contributed by atoms with Crippen molar-refractivity contribution >= 4 is 11.6 Å². The van der Waals surface area contributed by atoms with Crippen LogP contribution >= 0.6 is 0 Å². The summed E-state index contributed by atoms with van der Waals surface area (Å²) >= 11 is 0. The summed E-state index contributed by atoms with van der Waals surface area (Å²) in [6, 6.07) is 5.20. The van der Waals surface area contributed by atoms with Crippen LogP contribution in [-0.2, 0) is 6.18 Å². The number of nitrogens with one attached hydrogen (secondary N) is 1. The number of hydrogen-bond acceptors (Lipinski definition) is 4. The van der Waals surface area contributed by atoms with Crippen LogP contribution in [0.5, 0.6) is 0 Å². The first-order valence-corrected chi connectivity index (χ1v) is 10.1. The van der Waals surface area contributed by atoms with E-state index >= 15 is 0 Å². The summed E-state index contributed by atoms with van der Waals surface area (Å²) in [6.07, 6.45) is 1.47. The molecule has 6 nitrogen and oxygen atoms in total. The molecule has 2 fully saturated rings. The first kappa shape index (κ1) is 19.1. The summed E-state index contributed by atoms with van der Waals surface area (Å²) in [5.74, 6) is 1.51. The van der Waals surface area contributed by atoms with Gasteiger partial charge in [-0.25, -0.2) is 9.50 Å². The first-order valence-electron chi connectivity index (χ1n) is 10.1. The lowest BCUT2D eigenvalue weighted by Crippen LogP contribution is -2.40. The monoisotopic (exact) mass is 418 g/mol. The Morgan fingerprint density at radius 3 is 2.77 bits per heavy atom. The Labute approximate surface area is 170 Å². The minimum absolute atomic E-state index is 0.0297. The van der Waals surface area contributed by atoms with Crippen LogP contribution in [0.4, 0.5) is 13.2 Å². The van der Waals surface area contributed by atoms with Gasteiger partial charge in [0.2, 0.25) is 0 Å². The largest absolute Gasteiger partial charge is 0.463 e. The predicted molar refractivity (Wildman–Crippen MR) is 102 cm³/mol. The fourth-order valence-corrected chi connectivity index (χ4v) is 5.13. The number of amides is 1. The SMILES string of the molecule is C[C@H](NC(=O)c1cc2nc(-c3ccco3)cc(C(F)(F)F)n2n1)[C@@H]1C[C@@H]2CC[C@@H]1C2. The van der Waals surface area contributed by atoms with Crippen LogP contribution in [0.25, 0.3) is 17.1 Å². The van der Waals surface area contributed by atoms with Gasteiger partial charge in [0.1, 0.15) is 5.69 Å². The van der Waals surface area contributed by atoms with Gasteiger partial charge < -0.3 is 9.73 Å². The number of nitrogens with zero attached hydrogens (tertiary/aromatic N) is 3. The molecule has 0 aromatic carbocycles. The minimum atomic E-state index is -4.67. The zero-order chi connectivity index (χ0) is 21.0. The van der Waals surface area contributed by atoms with Crippen molar-refractivity contribution in [2.24, 2.45) is 17.8 Å². The van der Waals surface area contributed by atoms with Crippen LogP contribution in [-0.4, -0.2) is 26.5 Å². The van der Waals surface area contributed by atoms with Gasteiger partial charge >= 0.3 is 6.18 Å². The summed E-state index contributed by atoms with van der Waals surface area (Å²) in [5, 5.41) is 6.86. The molecule has 2 saturated carbocycles. The molecule has 5 rings (SSSR count). The second-order valence-electron chi connectivity index (χ2n) is 8.40. The molecule has 3 aromatic heterocycles. The van der Waals surface area contributed by atoms with Crippen molar-refractivity contribution in [1.29, 1.82) is 0 Å². The Morgan fingerprint density at radius 1 is 1.30 bits per heavy atom. The van der Waals surface area contributed by atoms with Gasteiger partial charge in [-0.3, -0.25) is 4.79 Å². The van der Waals surface area contributed by atoms with Crippen molar-refractivity contribution < 1.29 is 22.4 Å². The zero-order valence-corrected chi connectivity index (χ0v) is 16.3. The summed E-state index contributed by atoms with van der Waals surface area (Å²) in [6.45, 7) is 1.97. The van der Waals surface area contributed by atoms with Crippen molar-refractivity contribution in [1.82, 2.24) is 19.9 Å². The molecule has 0 unspecified atom stereocenters. The number of carbonyl (C=O) groups is 1. The molecular formula is C21H21F3N4O2. The topological polar surface area (TPSA) is 72.4 Å².